The van der Waals surface area contributed by atoms with Gasteiger partial charge in [0, 0.05) is 0 Å². The van der Waals surface area contributed by atoms with E-state index in [1.165, 1.54) is 57.8 Å². The highest BCUT2D eigenvalue weighted by Gasteiger charge is 1.90. The van der Waals surface area contributed by atoms with Crippen molar-refractivity contribution in [1.82, 2.24) is 0 Å². The average Bonchev–Trinajstić information content (AvgIpc) is 2.35. The van der Waals surface area contributed by atoms with Gasteiger partial charge in [0.25, 0.3) is 0 Å². The average molecular weight is 230 g/mol. The van der Waals surface area contributed by atoms with Crippen molar-refractivity contribution >= 4 is 0 Å². The van der Waals surface area contributed by atoms with Gasteiger partial charge in [-0.25, -0.2) is 0 Å². The van der Waals surface area contributed by atoms with Crippen molar-refractivity contribution in [2.24, 2.45) is 0 Å². The SMILES string of the molecule is C1=CC=CCCCCCCCCCC=CC=C1. The quantitative estimate of drug-likeness (QED) is 0.498. The Morgan fingerprint density at radius 1 is 0.353 bits per heavy atom. The lowest BCUT2D eigenvalue weighted by Crippen LogP contribution is -1.80. The van der Waals surface area contributed by atoms with Crippen LogP contribution in [-0.2, 0) is 0 Å². The molecule has 0 N–H and O–H groups in total. The van der Waals surface area contributed by atoms with Crippen LogP contribution in [0.1, 0.15) is 57.8 Å². The first kappa shape index (κ1) is 14.0. The molecule has 0 radical (unpaired) electrons. The Labute approximate surface area is 107 Å². The molecule has 0 aliphatic heterocycles. The van der Waals surface area contributed by atoms with E-state index in [1.807, 2.05) is 0 Å². The van der Waals surface area contributed by atoms with Crippen molar-refractivity contribution < 1.29 is 0 Å². The number of hydrogen-bond acceptors (Lipinski definition) is 0. The van der Waals surface area contributed by atoms with Gasteiger partial charge < -0.3 is 0 Å². The third kappa shape index (κ3) is 9.86. The van der Waals surface area contributed by atoms with E-state index in [0.717, 1.165) is 0 Å². The van der Waals surface area contributed by atoms with Crippen molar-refractivity contribution in [3.63, 3.8) is 0 Å². The molecule has 0 nitrogen and oxygen atoms in total. The first-order valence-corrected chi connectivity index (χ1v) is 7.15. The summed E-state index contributed by atoms with van der Waals surface area (Å²) in [6.45, 7) is 0. The summed E-state index contributed by atoms with van der Waals surface area (Å²) in [5, 5.41) is 0. The zero-order valence-corrected chi connectivity index (χ0v) is 11.0. The maximum atomic E-state index is 2.28. The number of allylic oxidation sites excluding steroid dienone is 8. The summed E-state index contributed by atoms with van der Waals surface area (Å²) in [7, 11) is 0. The summed E-state index contributed by atoms with van der Waals surface area (Å²) in [6.07, 6.45) is 29.5. The molecule has 1 aliphatic rings. The third-order valence-electron chi connectivity index (χ3n) is 3.07. The second-order valence-electron chi connectivity index (χ2n) is 4.68. The van der Waals surface area contributed by atoms with Crippen molar-refractivity contribution in [3.05, 3.63) is 48.6 Å². The van der Waals surface area contributed by atoms with E-state index >= 15 is 0 Å². The Hall–Kier alpha value is -1.04. The highest BCUT2D eigenvalue weighted by Crippen LogP contribution is 2.10. The van der Waals surface area contributed by atoms with Crippen LogP contribution < -0.4 is 0 Å². The summed E-state index contributed by atoms with van der Waals surface area (Å²) in [6, 6.07) is 0. The molecule has 1 aliphatic carbocycles. The minimum absolute atomic E-state index is 1.23. The molecular formula is C17H26. The molecule has 0 spiro atoms. The van der Waals surface area contributed by atoms with E-state index in [1.54, 1.807) is 0 Å². The van der Waals surface area contributed by atoms with Crippen LogP contribution in [0.25, 0.3) is 0 Å². The zero-order valence-electron chi connectivity index (χ0n) is 11.0. The largest absolute Gasteiger partial charge is 0.0845 e. The summed E-state index contributed by atoms with van der Waals surface area (Å²) in [5.74, 6) is 0. The summed E-state index contributed by atoms with van der Waals surface area (Å²) < 4.78 is 0. The predicted octanol–water partition coefficient (Wildman–Crippen LogP) is 5.74. The lowest BCUT2D eigenvalue weighted by atomic mass is 10.1. The zero-order chi connectivity index (χ0) is 12.0. The van der Waals surface area contributed by atoms with E-state index in [-0.39, 0.29) is 0 Å². The molecule has 0 heteroatoms. The first-order chi connectivity index (χ1) is 8.50. The topological polar surface area (TPSA) is 0 Å². The Morgan fingerprint density at radius 3 is 1.18 bits per heavy atom. The number of hydrogen-bond donors (Lipinski definition) is 0. The highest BCUT2D eigenvalue weighted by atomic mass is 14.0. The van der Waals surface area contributed by atoms with E-state index in [9.17, 15) is 0 Å². The fourth-order valence-electron chi connectivity index (χ4n) is 2.01. The van der Waals surface area contributed by atoms with Crippen molar-refractivity contribution in [1.29, 1.82) is 0 Å². The minimum atomic E-state index is 1.23. The molecule has 0 fully saturated rings. The molecule has 0 saturated heterocycles. The minimum Gasteiger partial charge on any atom is -0.0845 e. The second kappa shape index (κ2) is 11.4. The standard InChI is InChI=1S/C17H26/c1-2-4-6-8-10-12-14-16-17-15-13-11-9-7-5-3-1/h1-8H,9-17H2. The molecule has 0 aromatic heterocycles. The Bertz CT molecular complexity index is 238. The van der Waals surface area contributed by atoms with Gasteiger partial charge in [0.2, 0.25) is 0 Å². The molecule has 94 valence electrons. The van der Waals surface area contributed by atoms with E-state index in [4.69, 9.17) is 0 Å². The van der Waals surface area contributed by atoms with Crippen LogP contribution in [0.2, 0.25) is 0 Å². The smallest absolute Gasteiger partial charge is 0.0348 e. The Kier molecular flexibility index (Phi) is 9.44. The predicted molar refractivity (Wildman–Crippen MR) is 78.1 cm³/mol. The van der Waals surface area contributed by atoms with Gasteiger partial charge in [-0.3, -0.25) is 0 Å². The van der Waals surface area contributed by atoms with Crippen LogP contribution in [0.4, 0.5) is 0 Å². The Balaban J connectivity index is 2.29. The van der Waals surface area contributed by atoms with Crippen LogP contribution in [0.15, 0.2) is 48.6 Å². The molecule has 0 unspecified atom stereocenters. The third-order valence-corrected chi connectivity index (χ3v) is 3.07. The monoisotopic (exact) mass is 230 g/mol. The fraction of sp³-hybridized carbons (Fsp3) is 0.529. The van der Waals surface area contributed by atoms with Gasteiger partial charge in [-0.05, 0) is 25.7 Å². The van der Waals surface area contributed by atoms with Crippen LogP contribution in [0.5, 0.6) is 0 Å². The molecule has 0 heterocycles. The van der Waals surface area contributed by atoms with Crippen LogP contribution in [0.3, 0.4) is 0 Å². The molecule has 17 heavy (non-hydrogen) atoms. The first-order valence-electron chi connectivity index (χ1n) is 7.15. The van der Waals surface area contributed by atoms with Crippen LogP contribution >= 0.6 is 0 Å². The molecule has 0 bridgehead atoms. The maximum absolute atomic E-state index is 2.28. The number of rotatable bonds is 0. The van der Waals surface area contributed by atoms with Crippen LogP contribution in [-0.4, -0.2) is 0 Å². The molecule has 0 aromatic rings. The normalized spacial score (nSPS) is 20.2. The summed E-state index contributed by atoms with van der Waals surface area (Å²) in [5.41, 5.74) is 0. The van der Waals surface area contributed by atoms with E-state index < -0.39 is 0 Å². The molecule has 0 aromatic carbocycles. The summed E-state index contributed by atoms with van der Waals surface area (Å²) in [4.78, 5) is 0. The van der Waals surface area contributed by atoms with Crippen LogP contribution in [0, 0.1) is 0 Å². The van der Waals surface area contributed by atoms with E-state index in [2.05, 4.69) is 48.6 Å². The molecule has 0 atom stereocenters. The molecule has 0 amide bonds. The molecular weight excluding hydrogens is 204 g/mol. The van der Waals surface area contributed by atoms with Gasteiger partial charge in [0.1, 0.15) is 0 Å². The maximum Gasteiger partial charge on any atom is -0.0348 e. The fourth-order valence-corrected chi connectivity index (χ4v) is 2.01. The Morgan fingerprint density at radius 2 is 0.706 bits per heavy atom. The van der Waals surface area contributed by atoms with Gasteiger partial charge in [-0.15, -0.1) is 0 Å². The van der Waals surface area contributed by atoms with Gasteiger partial charge in [0.15, 0.2) is 0 Å². The highest BCUT2D eigenvalue weighted by molar-refractivity contribution is 5.15. The molecule has 1 rings (SSSR count). The van der Waals surface area contributed by atoms with Crippen molar-refractivity contribution in [3.8, 4) is 0 Å². The summed E-state index contributed by atoms with van der Waals surface area (Å²) >= 11 is 0. The van der Waals surface area contributed by atoms with Gasteiger partial charge in [-0.2, -0.15) is 0 Å². The van der Waals surface area contributed by atoms with Gasteiger partial charge in [-0.1, -0.05) is 80.7 Å². The lowest BCUT2D eigenvalue weighted by molar-refractivity contribution is 0.583. The van der Waals surface area contributed by atoms with Crippen molar-refractivity contribution in [2.45, 2.75) is 57.8 Å². The molecule has 0 saturated carbocycles. The lowest BCUT2D eigenvalue weighted by Gasteiger charge is -1.99. The van der Waals surface area contributed by atoms with Gasteiger partial charge in [0.05, 0.1) is 0 Å². The second-order valence-corrected chi connectivity index (χ2v) is 4.68. The van der Waals surface area contributed by atoms with E-state index in [0.29, 0.717) is 0 Å². The van der Waals surface area contributed by atoms with Gasteiger partial charge >= 0.3 is 0 Å². The van der Waals surface area contributed by atoms with Crippen molar-refractivity contribution in [2.75, 3.05) is 0 Å².